The predicted molar refractivity (Wildman–Crippen MR) is 76.9 cm³/mol. The monoisotopic (exact) mass is 333 g/mol. The van der Waals surface area contributed by atoms with Gasteiger partial charge >= 0.3 is 11.8 Å². The van der Waals surface area contributed by atoms with E-state index in [1.54, 1.807) is 6.26 Å². The fraction of sp³-hybridized carbons (Fsp3) is 0.500. The Bertz CT molecular complexity index is 569. The highest BCUT2D eigenvalue weighted by molar-refractivity contribution is 7.98. The van der Waals surface area contributed by atoms with Gasteiger partial charge in [-0.3, -0.25) is 20.3 Å². The molecule has 0 bridgehead atoms. The molecule has 0 spiro atoms. The van der Waals surface area contributed by atoms with Crippen LogP contribution in [0.2, 0.25) is 5.15 Å². The average molecular weight is 334 g/mol. The molecular formula is C10H12ClN5O4S. The molecule has 114 valence electrons. The van der Waals surface area contributed by atoms with E-state index < -0.39 is 16.7 Å². The smallest absolute Gasteiger partial charge is 0.413 e. The number of halogens is 1. The van der Waals surface area contributed by atoms with Crippen LogP contribution in [0.15, 0.2) is 5.16 Å². The maximum atomic E-state index is 11.6. The minimum atomic E-state index is -0.818. The van der Waals surface area contributed by atoms with E-state index in [9.17, 15) is 14.9 Å². The standard InChI is InChI=1S/C10H12ClN5O4S/c1-21-9-12-7(11)6(16(18)19)8(13-9)14-10(17)20-5-4-15-2-3-15/h2-5H2,1H3,(H,12,13,14,17). The van der Waals surface area contributed by atoms with Gasteiger partial charge in [-0.15, -0.1) is 0 Å². The fourth-order valence-electron chi connectivity index (χ4n) is 1.44. The predicted octanol–water partition coefficient (Wildman–Crippen LogP) is 1.62. The molecule has 0 unspecified atom stereocenters. The van der Waals surface area contributed by atoms with E-state index in [4.69, 9.17) is 16.3 Å². The number of amides is 1. The summed E-state index contributed by atoms with van der Waals surface area (Å²) in [4.78, 5) is 31.5. The van der Waals surface area contributed by atoms with Gasteiger partial charge in [-0.25, -0.2) is 9.78 Å². The lowest BCUT2D eigenvalue weighted by Gasteiger charge is -2.08. The van der Waals surface area contributed by atoms with Gasteiger partial charge in [-0.2, -0.15) is 4.98 Å². The van der Waals surface area contributed by atoms with Crippen LogP contribution in [-0.2, 0) is 4.74 Å². The minimum Gasteiger partial charge on any atom is -0.448 e. The van der Waals surface area contributed by atoms with E-state index in [-0.39, 0.29) is 22.7 Å². The molecular weight excluding hydrogens is 322 g/mol. The lowest BCUT2D eigenvalue weighted by molar-refractivity contribution is -0.384. The molecule has 1 aromatic heterocycles. The number of aromatic nitrogens is 2. The third-order valence-electron chi connectivity index (χ3n) is 2.59. The second-order valence-corrected chi connectivity index (χ2v) is 5.19. The van der Waals surface area contributed by atoms with E-state index in [0.29, 0.717) is 6.54 Å². The molecule has 1 aromatic rings. The van der Waals surface area contributed by atoms with Gasteiger partial charge in [-0.1, -0.05) is 23.4 Å². The highest BCUT2D eigenvalue weighted by Gasteiger charge is 2.25. The molecule has 1 fully saturated rings. The molecule has 1 amide bonds. The molecule has 1 aliphatic rings. The zero-order chi connectivity index (χ0) is 15.4. The molecule has 21 heavy (non-hydrogen) atoms. The summed E-state index contributed by atoms with van der Waals surface area (Å²) < 4.78 is 4.92. The van der Waals surface area contributed by atoms with Crippen molar-refractivity contribution < 1.29 is 14.5 Å². The van der Waals surface area contributed by atoms with Gasteiger partial charge in [0.2, 0.25) is 11.0 Å². The van der Waals surface area contributed by atoms with E-state index in [0.717, 1.165) is 24.9 Å². The highest BCUT2D eigenvalue weighted by Crippen LogP contribution is 2.31. The SMILES string of the molecule is CSc1nc(Cl)c([N+](=O)[O-])c(NC(=O)OCCN2CC2)n1. The van der Waals surface area contributed by atoms with Crippen LogP contribution in [0.3, 0.4) is 0 Å². The molecule has 1 N–H and O–H groups in total. The minimum absolute atomic E-state index is 0.202. The Labute approximate surface area is 129 Å². The van der Waals surface area contributed by atoms with Crippen LogP contribution in [0.5, 0.6) is 0 Å². The summed E-state index contributed by atoms with van der Waals surface area (Å²) >= 11 is 6.89. The zero-order valence-electron chi connectivity index (χ0n) is 11.0. The Hall–Kier alpha value is -1.65. The fourth-order valence-corrected chi connectivity index (χ4v) is 2.10. The molecule has 11 heteroatoms. The lowest BCUT2D eigenvalue weighted by atomic mass is 10.5. The summed E-state index contributed by atoms with van der Waals surface area (Å²) in [6, 6.07) is 0. The Morgan fingerprint density at radius 2 is 2.29 bits per heavy atom. The molecule has 0 aliphatic carbocycles. The number of carbonyl (C=O) groups is 1. The number of hydrogen-bond acceptors (Lipinski definition) is 8. The lowest BCUT2D eigenvalue weighted by Crippen LogP contribution is -2.20. The van der Waals surface area contributed by atoms with Gasteiger partial charge in [0.05, 0.1) is 4.92 Å². The quantitative estimate of drug-likeness (QED) is 0.209. The number of carbonyl (C=O) groups excluding carboxylic acids is 1. The van der Waals surface area contributed by atoms with Gasteiger partial charge in [-0.05, 0) is 6.26 Å². The van der Waals surface area contributed by atoms with Crippen LogP contribution in [0.25, 0.3) is 0 Å². The molecule has 0 radical (unpaired) electrons. The van der Waals surface area contributed by atoms with Crippen LogP contribution in [-0.4, -0.2) is 58.4 Å². The summed E-state index contributed by atoms with van der Waals surface area (Å²) in [5.74, 6) is -0.277. The average Bonchev–Trinajstić information content (AvgIpc) is 3.21. The number of rotatable bonds is 6. The van der Waals surface area contributed by atoms with E-state index >= 15 is 0 Å². The molecule has 2 rings (SSSR count). The van der Waals surface area contributed by atoms with Crippen LogP contribution in [0, 0.1) is 10.1 Å². The Kier molecular flexibility index (Phi) is 5.15. The van der Waals surface area contributed by atoms with Crippen molar-refractivity contribution in [3.8, 4) is 0 Å². The first-order valence-corrected chi connectivity index (χ1v) is 7.53. The van der Waals surface area contributed by atoms with Gasteiger partial charge in [0.15, 0.2) is 5.16 Å². The van der Waals surface area contributed by atoms with Crippen molar-refractivity contribution in [3.05, 3.63) is 15.3 Å². The van der Waals surface area contributed by atoms with Crippen LogP contribution < -0.4 is 5.32 Å². The molecule has 0 saturated carbocycles. The number of ether oxygens (including phenoxy) is 1. The first kappa shape index (κ1) is 15.7. The van der Waals surface area contributed by atoms with Crippen molar-refractivity contribution in [1.82, 2.24) is 14.9 Å². The van der Waals surface area contributed by atoms with Gasteiger partial charge in [0.25, 0.3) is 0 Å². The summed E-state index contributed by atoms with van der Waals surface area (Å²) in [6.45, 7) is 2.83. The first-order valence-electron chi connectivity index (χ1n) is 5.93. The summed E-state index contributed by atoms with van der Waals surface area (Å²) in [5, 5.41) is 13.1. The Balaban J connectivity index is 2.06. The molecule has 9 nitrogen and oxygen atoms in total. The van der Waals surface area contributed by atoms with Gasteiger partial charge < -0.3 is 4.74 Å². The van der Waals surface area contributed by atoms with Crippen molar-refractivity contribution in [2.45, 2.75) is 5.16 Å². The number of nitrogens with zero attached hydrogens (tertiary/aromatic N) is 4. The second kappa shape index (κ2) is 6.87. The number of anilines is 1. The summed E-state index contributed by atoms with van der Waals surface area (Å²) in [7, 11) is 0. The largest absolute Gasteiger partial charge is 0.448 e. The second-order valence-electron chi connectivity index (χ2n) is 4.06. The van der Waals surface area contributed by atoms with Crippen molar-refractivity contribution >= 4 is 41.0 Å². The van der Waals surface area contributed by atoms with Gasteiger partial charge in [0.1, 0.15) is 6.61 Å². The zero-order valence-corrected chi connectivity index (χ0v) is 12.6. The van der Waals surface area contributed by atoms with Crippen molar-refractivity contribution in [1.29, 1.82) is 0 Å². The van der Waals surface area contributed by atoms with Crippen molar-refractivity contribution in [2.24, 2.45) is 0 Å². The van der Waals surface area contributed by atoms with E-state index in [1.807, 2.05) is 0 Å². The van der Waals surface area contributed by atoms with Crippen LogP contribution in [0.4, 0.5) is 16.3 Å². The summed E-state index contributed by atoms with van der Waals surface area (Å²) in [6.07, 6.45) is 0.866. The third-order valence-corrected chi connectivity index (χ3v) is 3.40. The first-order chi connectivity index (χ1) is 10.0. The number of nitro groups is 1. The van der Waals surface area contributed by atoms with Crippen LogP contribution >= 0.6 is 23.4 Å². The summed E-state index contributed by atoms with van der Waals surface area (Å²) in [5.41, 5.74) is -0.558. The molecule has 1 aliphatic heterocycles. The van der Waals surface area contributed by atoms with Crippen molar-refractivity contribution in [2.75, 3.05) is 37.8 Å². The third kappa shape index (κ3) is 4.41. The Morgan fingerprint density at radius 1 is 1.57 bits per heavy atom. The van der Waals surface area contributed by atoms with E-state index in [2.05, 4.69) is 20.2 Å². The topological polar surface area (TPSA) is 110 Å². The molecule has 1 saturated heterocycles. The number of thioether (sulfide) groups is 1. The Morgan fingerprint density at radius 3 is 2.86 bits per heavy atom. The van der Waals surface area contributed by atoms with Crippen molar-refractivity contribution in [3.63, 3.8) is 0 Å². The van der Waals surface area contributed by atoms with Gasteiger partial charge in [0, 0.05) is 19.6 Å². The highest BCUT2D eigenvalue weighted by atomic mass is 35.5. The van der Waals surface area contributed by atoms with E-state index in [1.165, 1.54) is 0 Å². The number of nitrogens with one attached hydrogen (secondary N) is 1. The number of hydrogen-bond donors (Lipinski definition) is 1. The molecule has 0 aromatic carbocycles. The molecule has 2 heterocycles. The normalized spacial score (nSPS) is 13.8. The maximum absolute atomic E-state index is 11.6. The van der Waals surface area contributed by atoms with Crippen LogP contribution in [0.1, 0.15) is 0 Å². The molecule has 0 atom stereocenters. The maximum Gasteiger partial charge on any atom is 0.413 e.